The summed E-state index contributed by atoms with van der Waals surface area (Å²) in [7, 11) is 0. The molecule has 3 heterocycles. The number of aryl methyl sites for hydroxylation is 2. The van der Waals surface area contributed by atoms with Crippen molar-refractivity contribution in [2.75, 3.05) is 5.32 Å². The lowest BCUT2D eigenvalue weighted by atomic mass is 9.89. The number of carbonyl (C=O) groups is 1. The van der Waals surface area contributed by atoms with E-state index >= 15 is 0 Å². The minimum Gasteiger partial charge on any atom is -0.370 e. The fourth-order valence-electron chi connectivity index (χ4n) is 3.17. The third kappa shape index (κ3) is 1.90. The minimum absolute atomic E-state index is 0.289. The van der Waals surface area contributed by atoms with Crippen LogP contribution in [0.3, 0.4) is 0 Å². The SMILES string of the molecule is Cc1noc(C)c1-c1ccc2c(c1)C(O)(c1ccccn1)C(=O)N2. The largest absolute Gasteiger partial charge is 0.370 e. The van der Waals surface area contributed by atoms with Crippen molar-refractivity contribution in [3.8, 4) is 11.1 Å². The molecule has 0 fully saturated rings. The van der Waals surface area contributed by atoms with E-state index in [0.29, 0.717) is 17.0 Å². The Morgan fingerprint density at radius 1 is 1.21 bits per heavy atom. The number of carbonyl (C=O) groups excluding carboxylic acids is 1. The third-order valence-corrected chi connectivity index (χ3v) is 4.34. The molecule has 3 aromatic rings. The lowest BCUT2D eigenvalue weighted by Crippen LogP contribution is -2.36. The third-order valence-electron chi connectivity index (χ3n) is 4.34. The van der Waals surface area contributed by atoms with Gasteiger partial charge in [-0.25, -0.2) is 0 Å². The normalized spacial score (nSPS) is 19.2. The highest BCUT2D eigenvalue weighted by atomic mass is 16.5. The van der Waals surface area contributed by atoms with Crippen LogP contribution in [-0.4, -0.2) is 21.2 Å². The zero-order chi connectivity index (χ0) is 16.9. The summed E-state index contributed by atoms with van der Waals surface area (Å²) >= 11 is 0. The van der Waals surface area contributed by atoms with Crippen molar-refractivity contribution < 1.29 is 14.4 Å². The molecule has 0 aliphatic carbocycles. The first kappa shape index (κ1) is 14.6. The molecule has 2 aromatic heterocycles. The van der Waals surface area contributed by atoms with Crippen molar-refractivity contribution in [2.24, 2.45) is 0 Å². The number of nitrogens with one attached hydrogen (secondary N) is 1. The molecule has 120 valence electrons. The van der Waals surface area contributed by atoms with Crippen molar-refractivity contribution in [3.63, 3.8) is 0 Å². The number of hydrogen-bond donors (Lipinski definition) is 2. The molecule has 0 saturated carbocycles. The number of pyridine rings is 1. The van der Waals surface area contributed by atoms with Crippen LogP contribution >= 0.6 is 0 Å². The summed E-state index contributed by atoms with van der Waals surface area (Å²) in [5.41, 5.74) is 1.97. The van der Waals surface area contributed by atoms with Crippen molar-refractivity contribution in [1.29, 1.82) is 0 Å². The molecule has 0 spiro atoms. The van der Waals surface area contributed by atoms with E-state index in [-0.39, 0.29) is 5.69 Å². The van der Waals surface area contributed by atoms with E-state index < -0.39 is 11.5 Å². The second-order valence-electron chi connectivity index (χ2n) is 5.84. The topological polar surface area (TPSA) is 88.2 Å². The molecule has 6 heteroatoms. The Hall–Kier alpha value is -2.99. The molecule has 4 rings (SSSR count). The summed E-state index contributed by atoms with van der Waals surface area (Å²) in [5.74, 6) is 0.179. The summed E-state index contributed by atoms with van der Waals surface area (Å²) in [4.78, 5) is 16.6. The molecular formula is C18H15N3O3. The summed E-state index contributed by atoms with van der Waals surface area (Å²) in [6.45, 7) is 3.68. The number of fused-ring (bicyclic) bond motifs is 1. The van der Waals surface area contributed by atoms with Gasteiger partial charge in [0.05, 0.1) is 11.4 Å². The maximum Gasteiger partial charge on any atom is 0.267 e. The lowest BCUT2D eigenvalue weighted by molar-refractivity contribution is -0.130. The van der Waals surface area contributed by atoms with E-state index in [1.165, 1.54) is 0 Å². The average Bonchev–Trinajstić information content (AvgIpc) is 3.06. The molecule has 0 radical (unpaired) electrons. The Balaban J connectivity index is 1.93. The van der Waals surface area contributed by atoms with E-state index in [4.69, 9.17) is 4.52 Å². The van der Waals surface area contributed by atoms with E-state index in [1.807, 2.05) is 19.9 Å². The molecule has 1 atom stereocenters. The highest BCUT2D eigenvalue weighted by Crippen LogP contribution is 2.42. The zero-order valence-corrected chi connectivity index (χ0v) is 13.2. The Morgan fingerprint density at radius 3 is 2.71 bits per heavy atom. The summed E-state index contributed by atoms with van der Waals surface area (Å²) < 4.78 is 5.22. The van der Waals surface area contributed by atoms with Crippen LogP contribution in [0.1, 0.15) is 22.7 Å². The smallest absolute Gasteiger partial charge is 0.267 e. The Kier molecular flexibility index (Phi) is 3.04. The van der Waals surface area contributed by atoms with Gasteiger partial charge in [0.25, 0.3) is 5.91 Å². The first-order valence-corrected chi connectivity index (χ1v) is 7.55. The average molecular weight is 321 g/mol. The quantitative estimate of drug-likeness (QED) is 0.757. The van der Waals surface area contributed by atoms with E-state index in [9.17, 15) is 9.90 Å². The van der Waals surface area contributed by atoms with Gasteiger partial charge in [-0.1, -0.05) is 17.3 Å². The highest BCUT2D eigenvalue weighted by molar-refractivity contribution is 6.07. The molecule has 1 aromatic carbocycles. The summed E-state index contributed by atoms with van der Waals surface area (Å²) in [6, 6.07) is 10.5. The van der Waals surface area contributed by atoms with E-state index in [0.717, 1.165) is 16.8 Å². The Labute approximate surface area is 138 Å². The summed E-state index contributed by atoms with van der Waals surface area (Å²) in [5, 5.41) is 17.8. The molecule has 1 unspecified atom stereocenters. The molecule has 1 aliphatic rings. The molecule has 24 heavy (non-hydrogen) atoms. The van der Waals surface area contributed by atoms with Gasteiger partial charge in [0, 0.05) is 23.0 Å². The molecule has 6 nitrogen and oxygen atoms in total. The number of rotatable bonds is 2. The van der Waals surface area contributed by atoms with Crippen LogP contribution < -0.4 is 5.32 Å². The first-order chi connectivity index (χ1) is 11.5. The fourth-order valence-corrected chi connectivity index (χ4v) is 3.17. The molecule has 1 amide bonds. The van der Waals surface area contributed by atoms with Gasteiger partial charge >= 0.3 is 0 Å². The van der Waals surface area contributed by atoms with Gasteiger partial charge in [-0.05, 0) is 43.7 Å². The second kappa shape index (κ2) is 5.01. The molecule has 0 saturated heterocycles. The predicted molar refractivity (Wildman–Crippen MR) is 87.3 cm³/mol. The van der Waals surface area contributed by atoms with Crippen LogP contribution in [0.5, 0.6) is 0 Å². The monoisotopic (exact) mass is 321 g/mol. The van der Waals surface area contributed by atoms with Crippen molar-refractivity contribution in [1.82, 2.24) is 10.1 Å². The van der Waals surface area contributed by atoms with Crippen LogP contribution in [-0.2, 0) is 10.4 Å². The zero-order valence-electron chi connectivity index (χ0n) is 13.2. The lowest BCUT2D eigenvalue weighted by Gasteiger charge is -2.20. The second-order valence-corrected chi connectivity index (χ2v) is 5.84. The van der Waals surface area contributed by atoms with Crippen molar-refractivity contribution in [2.45, 2.75) is 19.4 Å². The van der Waals surface area contributed by atoms with Gasteiger partial charge in [-0.15, -0.1) is 0 Å². The van der Waals surface area contributed by atoms with E-state index in [2.05, 4.69) is 15.5 Å². The maximum absolute atomic E-state index is 12.5. The maximum atomic E-state index is 12.5. The van der Waals surface area contributed by atoms with Gasteiger partial charge in [-0.2, -0.15) is 0 Å². The van der Waals surface area contributed by atoms with Gasteiger partial charge < -0.3 is 14.9 Å². The molecular weight excluding hydrogens is 306 g/mol. The molecule has 2 N–H and O–H groups in total. The molecule has 0 bridgehead atoms. The van der Waals surface area contributed by atoms with Crippen LogP contribution in [0.4, 0.5) is 5.69 Å². The minimum atomic E-state index is -1.81. The number of aromatic nitrogens is 2. The van der Waals surface area contributed by atoms with Crippen LogP contribution in [0, 0.1) is 13.8 Å². The number of aliphatic hydroxyl groups is 1. The number of anilines is 1. The number of hydrogen-bond acceptors (Lipinski definition) is 5. The predicted octanol–water partition coefficient (Wildman–Crippen LogP) is 2.54. The van der Waals surface area contributed by atoms with Gasteiger partial charge in [-0.3, -0.25) is 9.78 Å². The standard InChI is InChI=1S/C18H15N3O3/c1-10-16(11(2)24-21-10)12-6-7-14-13(9-12)18(23,17(22)20-14)15-5-3-4-8-19-15/h3-9,23H,1-2H3,(H,20,22). The van der Waals surface area contributed by atoms with Crippen molar-refractivity contribution >= 4 is 11.6 Å². The highest BCUT2D eigenvalue weighted by Gasteiger charge is 2.48. The molecule has 1 aliphatic heterocycles. The van der Waals surface area contributed by atoms with Crippen LogP contribution in [0.2, 0.25) is 0 Å². The van der Waals surface area contributed by atoms with Gasteiger partial charge in [0.2, 0.25) is 5.60 Å². The van der Waals surface area contributed by atoms with Crippen molar-refractivity contribution in [3.05, 3.63) is 65.3 Å². The van der Waals surface area contributed by atoms with E-state index in [1.54, 1.807) is 36.5 Å². The number of benzene rings is 1. The summed E-state index contributed by atoms with van der Waals surface area (Å²) in [6.07, 6.45) is 1.55. The first-order valence-electron chi connectivity index (χ1n) is 7.55. The van der Waals surface area contributed by atoms with Crippen LogP contribution in [0.15, 0.2) is 47.1 Å². The fraction of sp³-hybridized carbons (Fsp3) is 0.167. The van der Waals surface area contributed by atoms with Gasteiger partial charge in [0.1, 0.15) is 5.76 Å². The van der Waals surface area contributed by atoms with Gasteiger partial charge in [0.15, 0.2) is 0 Å². The van der Waals surface area contributed by atoms with Crippen LogP contribution in [0.25, 0.3) is 11.1 Å². The number of nitrogens with zero attached hydrogens (tertiary/aromatic N) is 2. The number of amides is 1. The Morgan fingerprint density at radius 2 is 2.04 bits per heavy atom. The Bertz CT molecular complexity index is 930.